The number of halogens is 1. The molecule has 0 unspecified atom stereocenters. The number of carbonyl (C=O) groups excluding carboxylic acids is 1. The Morgan fingerprint density at radius 3 is 2.84 bits per heavy atom. The zero-order chi connectivity index (χ0) is 13.5. The molecule has 2 rings (SSSR count). The van der Waals surface area contributed by atoms with Crippen molar-refractivity contribution in [2.45, 2.75) is 30.2 Å². The molecular weight excluding hydrogens is 280 g/mol. The van der Waals surface area contributed by atoms with Crippen molar-refractivity contribution in [3.63, 3.8) is 0 Å². The van der Waals surface area contributed by atoms with Gasteiger partial charge >= 0.3 is 0 Å². The SMILES string of the molecule is O=C(CCSc1ccccc1Cl)NC1CCNCC1. The molecule has 19 heavy (non-hydrogen) atoms. The van der Waals surface area contributed by atoms with Gasteiger partial charge in [0.25, 0.3) is 0 Å². The Bertz CT molecular complexity index is 422. The smallest absolute Gasteiger partial charge is 0.221 e. The van der Waals surface area contributed by atoms with Crippen molar-refractivity contribution < 1.29 is 4.79 Å². The number of hydrogen-bond acceptors (Lipinski definition) is 3. The molecular formula is C14H19ClN2OS. The lowest BCUT2D eigenvalue weighted by Gasteiger charge is -2.23. The highest BCUT2D eigenvalue weighted by molar-refractivity contribution is 7.99. The van der Waals surface area contributed by atoms with Gasteiger partial charge in [0.2, 0.25) is 5.91 Å². The average Bonchev–Trinajstić information content (AvgIpc) is 2.42. The summed E-state index contributed by atoms with van der Waals surface area (Å²) >= 11 is 7.70. The number of hydrogen-bond donors (Lipinski definition) is 2. The zero-order valence-electron chi connectivity index (χ0n) is 10.8. The van der Waals surface area contributed by atoms with Gasteiger partial charge < -0.3 is 10.6 Å². The van der Waals surface area contributed by atoms with Crippen LogP contribution in [0.2, 0.25) is 5.02 Å². The minimum atomic E-state index is 0.145. The Labute approximate surface area is 123 Å². The van der Waals surface area contributed by atoms with E-state index in [4.69, 9.17) is 11.6 Å². The molecule has 0 spiro atoms. The van der Waals surface area contributed by atoms with Crippen LogP contribution < -0.4 is 10.6 Å². The van der Waals surface area contributed by atoms with E-state index in [9.17, 15) is 4.79 Å². The van der Waals surface area contributed by atoms with Crippen molar-refractivity contribution in [3.05, 3.63) is 29.3 Å². The average molecular weight is 299 g/mol. The monoisotopic (exact) mass is 298 g/mol. The number of nitrogens with one attached hydrogen (secondary N) is 2. The predicted octanol–water partition coefficient (Wildman–Crippen LogP) is 2.69. The van der Waals surface area contributed by atoms with Crippen LogP contribution >= 0.6 is 23.4 Å². The summed E-state index contributed by atoms with van der Waals surface area (Å²) in [5.74, 6) is 0.909. The second kappa shape index (κ2) is 7.78. The molecule has 1 heterocycles. The van der Waals surface area contributed by atoms with Crippen LogP contribution in [0.1, 0.15) is 19.3 Å². The first-order valence-electron chi connectivity index (χ1n) is 6.63. The maximum atomic E-state index is 11.8. The maximum Gasteiger partial charge on any atom is 0.221 e. The van der Waals surface area contributed by atoms with E-state index < -0.39 is 0 Å². The molecule has 1 aromatic rings. The molecule has 1 saturated heterocycles. The second-order valence-corrected chi connectivity index (χ2v) is 6.16. The molecule has 2 N–H and O–H groups in total. The van der Waals surface area contributed by atoms with E-state index in [1.807, 2.05) is 24.3 Å². The van der Waals surface area contributed by atoms with Crippen molar-refractivity contribution in [1.82, 2.24) is 10.6 Å². The summed E-state index contributed by atoms with van der Waals surface area (Å²) in [4.78, 5) is 12.8. The van der Waals surface area contributed by atoms with Gasteiger partial charge in [-0.2, -0.15) is 0 Å². The van der Waals surface area contributed by atoms with Gasteiger partial charge in [0.15, 0.2) is 0 Å². The van der Waals surface area contributed by atoms with Crippen molar-refractivity contribution in [2.75, 3.05) is 18.8 Å². The van der Waals surface area contributed by atoms with E-state index in [1.165, 1.54) is 0 Å². The number of benzene rings is 1. The molecule has 3 nitrogen and oxygen atoms in total. The molecule has 1 amide bonds. The van der Waals surface area contributed by atoms with Crippen LogP contribution in [0.5, 0.6) is 0 Å². The highest BCUT2D eigenvalue weighted by Gasteiger charge is 2.15. The van der Waals surface area contributed by atoms with E-state index in [-0.39, 0.29) is 5.91 Å². The summed E-state index contributed by atoms with van der Waals surface area (Å²) in [5.41, 5.74) is 0. The molecule has 0 radical (unpaired) electrons. The molecule has 0 saturated carbocycles. The fourth-order valence-electron chi connectivity index (χ4n) is 2.08. The van der Waals surface area contributed by atoms with Crippen molar-refractivity contribution in [3.8, 4) is 0 Å². The van der Waals surface area contributed by atoms with Crippen molar-refractivity contribution >= 4 is 29.3 Å². The zero-order valence-corrected chi connectivity index (χ0v) is 12.4. The van der Waals surface area contributed by atoms with Gasteiger partial charge in [0.1, 0.15) is 0 Å². The standard InChI is InChI=1S/C14H19ClN2OS/c15-12-3-1-2-4-13(12)19-10-7-14(18)17-11-5-8-16-9-6-11/h1-4,11,16H,5-10H2,(H,17,18). The number of thioether (sulfide) groups is 1. The second-order valence-electron chi connectivity index (χ2n) is 4.62. The van der Waals surface area contributed by atoms with Gasteiger partial charge in [0.05, 0.1) is 5.02 Å². The van der Waals surface area contributed by atoms with Gasteiger partial charge in [-0.05, 0) is 38.1 Å². The van der Waals surface area contributed by atoms with Crippen molar-refractivity contribution in [1.29, 1.82) is 0 Å². The molecule has 104 valence electrons. The van der Waals surface area contributed by atoms with Gasteiger partial charge in [-0.25, -0.2) is 0 Å². The molecule has 0 aliphatic carbocycles. The highest BCUT2D eigenvalue weighted by atomic mass is 35.5. The molecule has 5 heteroatoms. The number of amides is 1. The first-order valence-corrected chi connectivity index (χ1v) is 7.99. The van der Waals surface area contributed by atoms with E-state index in [0.29, 0.717) is 12.5 Å². The van der Waals surface area contributed by atoms with Crippen LogP contribution in [-0.2, 0) is 4.79 Å². The third kappa shape index (κ3) is 5.05. The first-order chi connectivity index (χ1) is 9.25. The summed E-state index contributed by atoms with van der Waals surface area (Å²) in [6.45, 7) is 2.00. The van der Waals surface area contributed by atoms with E-state index >= 15 is 0 Å². The van der Waals surface area contributed by atoms with Gasteiger partial charge in [-0.1, -0.05) is 23.7 Å². The minimum Gasteiger partial charge on any atom is -0.353 e. The molecule has 1 fully saturated rings. The highest BCUT2D eigenvalue weighted by Crippen LogP contribution is 2.26. The lowest BCUT2D eigenvalue weighted by molar-refractivity contribution is -0.121. The summed E-state index contributed by atoms with van der Waals surface area (Å²) in [7, 11) is 0. The van der Waals surface area contributed by atoms with E-state index in [2.05, 4.69) is 10.6 Å². The van der Waals surface area contributed by atoms with Crippen LogP contribution in [0.3, 0.4) is 0 Å². The fourth-order valence-corrected chi connectivity index (χ4v) is 3.27. The molecule has 0 atom stereocenters. The summed E-state index contributed by atoms with van der Waals surface area (Å²) in [6, 6.07) is 8.08. The van der Waals surface area contributed by atoms with Gasteiger partial charge in [-0.3, -0.25) is 4.79 Å². The third-order valence-electron chi connectivity index (χ3n) is 3.13. The van der Waals surface area contributed by atoms with Crippen LogP contribution in [0.25, 0.3) is 0 Å². The number of piperidine rings is 1. The Balaban J connectivity index is 1.67. The molecule has 1 aromatic carbocycles. The molecule has 1 aliphatic rings. The summed E-state index contributed by atoms with van der Waals surface area (Å²) < 4.78 is 0. The Morgan fingerprint density at radius 1 is 1.37 bits per heavy atom. The fraction of sp³-hybridized carbons (Fsp3) is 0.500. The Morgan fingerprint density at radius 2 is 2.11 bits per heavy atom. The summed E-state index contributed by atoms with van der Waals surface area (Å²) in [6.07, 6.45) is 2.60. The lowest BCUT2D eigenvalue weighted by atomic mass is 10.1. The Kier molecular flexibility index (Phi) is 6.01. The van der Waals surface area contributed by atoms with Crippen LogP contribution in [0.4, 0.5) is 0 Å². The third-order valence-corrected chi connectivity index (χ3v) is 4.64. The van der Waals surface area contributed by atoms with Crippen LogP contribution in [0, 0.1) is 0 Å². The number of carbonyl (C=O) groups is 1. The largest absolute Gasteiger partial charge is 0.353 e. The van der Waals surface area contributed by atoms with Crippen molar-refractivity contribution in [2.24, 2.45) is 0 Å². The maximum absolute atomic E-state index is 11.8. The van der Waals surface area contributed by atoms with Gasteiger partial charge in [-0.15, -0.1) is 11.8 Å². The topological polar surface area (TPSA) is 41.1 Å². The van der Waals surface area contributed by atoms with E-state index in [1.54, 1.807) is 11.8 Å². The van der Waals surface area contributed by atoms with E-state index in [0.717, 1.165) is 41.6 Å². The van der Waals surface area contributed by atoms with Crippen LogP contribution in [0.15, 0.2) is 29.2 Å². The Hall–Kier alpha value is -0.710. The summed E-state index contributed by atoms with van der Waals surface area (Å²) in [5, 5.41) is 7.14. The number of rotatable bonds is 5. The molecule has 1 aliphatic heterocycles. The first kappa shape index (κ1) is 14.7. The quantitative estimate of drug-likeness (QED) is 0.821. The predicted molar refractivity (Wildman–Crippen MR) is 80.8 cm³/mol. The normalized spacial score (nSPS) is 16.3. The lowest BCUT2D eigenvalue weighted by Crippen LogP contribution is -2.42. The van der Waals surface area contributed by atoms with Gasteiger partial charge in [0, 0.05) is 23.1 Å². The molecule has 0 aromatic heterocycles. The van der Waals surface area contributed by atoms with Crippen LogP contribution in [-0.4, -0.2) is 30.8 Å². The molecule has 0 bridgehead atoms. The minimum absolute atomic E-state index is 0.145.